The summed E-state index contributed by atoms with van der Waals surface area (Å²) >= 11 is 0. The van der Waals surface area contributed by atoms with Crippen molar-refractivity contribution < 1.29 is 9.53 Å². The summed E-state index contributed by atoms with van der Waals surface area (Å²) in [6.45, 7) is 5.22. The van der Waals surface area contributed by atoms with E-state index in [2.05, 4.69) is 26.7 Å². The SMILES string of the molecule is CC(=O)Nc1cc(Oc2ccc3nc(Nc4ccc(C(C)(C)C#N)cc4)n(C)c3c2)ccn1. The lowest BCUT2D eigenvalue weighted by Crippen LogP contribution is -2.13. The first-order valence-electron chi connectivity index (χ1n) is 10.4. The largest absolute Gasteiger partial charge is 0.457 e. The Morgan fingerprint density at radius 1 is 1.09 bits per heavy atom. The molecular formula is C25H24N6O2. The summed E-state index contributed by atoms with van der Waals surface area (Å²) in [4.78, 5) is 20.0. The van der Waals surface area contributed by atoms with Gasteiger partial charge in [0.2, 0.25) is 11.9 Å². The number of imidazole rings is 1. The highest BCUT2D eigenvalue weighted by molar-refractivity contribution is 5.87. The van der Waals surface area contributed by atoms with Gasteiger partial charge in [-0.2, -0.15) is 5.26 Å². The molecule has 0 bridgehead atoms. The van der Waals surface area contributed by atoms with Crippen LogP contribution in [-0.2, 0) is 17.3 Å². The van der Waals surface area contributed by atoms with Crippen molar-refractivity contribution in [1.82, 2.24) is 14.5 Å². The minimum atomic E-state index is -0.537. The molecule has 2 aromatic carbocycles. The van der Waals surface area contributed by atoms with Crippen molar-refractivity contribution in [3.8, 4) is 17.6 Å². The van der Waals surface area contributed by atoms with E-state index in [0.29, 0.717) is 23.3 Å². The average molecular weight is 441 g/mol. The summed E-state index contributed by atoms with van der Waals surface area (Å²) in [7, 11) is 1.93. The van der Waals surface area contributed by atoms with Crippen molar-refractivity contribution in [1.29, 1.82) is 5.26 Å². The zero-order valence-electron chi connectivity index (χ0n) is 18.9. The Balaban J connectivity index is 1.55. The van der Waals surface area contributed by atoms with Gasteiger partial charge in [-0.25, -0.2) is 9.97 Å². The van der Waals surface area contributed by atoms with Gasteiger partial charge in [0.25, 0.3) is 0 Å². The Bertz CT molecular complexity index is 1370. The molecule has 0 saturated heterocycles. The van der Waals surface area contributed by atoms with Crippen LogP contribution in [0.4, 0.5) is 17.5 Å². The number of nitriles is 1. The Morgan fingerprint density at radius 2 is 1.82 bits per heavy atom. The van der Waals surface area contributed by atoms with Crippen molar-refractivity contribution in [3.63, 3.8) is 0 Å². The van der Waals surface area contributed by atoms with Gasteiger partial charge < -0.3 is 19.9 Å². The molecule has 8 nitrogen and oxygen atoms in total. The third kappa shape index (κ3) is 4.77. The molecule has 4 aromatic rings. The number of ether oxygens (including phenoxy) is 1. The number of benzene rings is 2. The van der Waals surface area contributed by atoms with Crippen LogP contribution < -0.4 is 15.4 Å². The first-order valence-corrected chi connectivity index (χ1v) is 10.4. The first kappa shape index (κ1) is 21.8. The molecule has 166 valence electrons. The average Bonchev–Trinajstić information content (AvgIpc) is 3.09. The number of anilines is 3. The molecule has 0 spiro atoms. The van der Waals surface area contributed by atoms with Crippen LogP contribution in [0.1, 0.15) is 26.3 Å². The Labute approximate surface area is 191 Å². The summed E-state index contributed by atoms with van der Waals surface area (Å²) < 4.78 is 7.92. The van der Waals surface area contributed by atoms with Crippen LogP contribution >= 0.6 is 0 Å². The molecule has 0 fully saturated rings. The fourth-order valence-electron chi connectivity index (χ4n) is 3.37. The zero-order valence-corrected chi connectivity index (χ0v) is 18.9. The number of hydrogen-bond donors (Lipinski definition) is 2. The van der Waals surface area contributed by atoms with E-state index in [1.165, 1.54) is 6.92 Å². The van der Waals surface area contributed by atoms with E-state index in [9.17, 15) is 10.1 Å². The predicted octanol–water partition coefficient (Wildman–Crippen LogP) is 5.26. The van der Waals surface area contributed by atoms with Crippen LogP contribution in [0, 0.1) is 11.3 Å². The molecular weight excluding hydrogens is 416 g/mol. The third-order valence-corrected chi connectivity index (χ3v) is 5.27. The number of hydrogen-bond acceptors (Lipinski definition) is 6. The molecule has 2 N–H and O–H groups in total. The van der Waals surface area contributed by atoms with E-state index < -0.39 is 5.41 Å². The number of nitrogens with one attached hydrogen (secondary N) is 2. The quantitative estimate of drug-likeness (QED) is 0.423. The molecule has 4 rings (SSSR count). The highest BCUT2D eigenvalue weighted by atomic mass is 16.5. The number of amides is 1. The number of aromatic nitrogens is 3. The van der Waals surface area contributed by atoms with Crippen LogP contribution in [0.25, 0.3) is 11.0 Å². The molecule has 0 aliphatic heterocycles. The molecule has 0 radical (unpaired) electrons. The molecule has 33 heavy (non-hydrogen) atoms. The minimum Gasteiger partial charge on any atom is -0.457 e. The number of nitrogens with zero attached hydrogens (tertiary/aromatic N) is 4. The van der Waals surface area contributed by atoms with E-state index in [-0.39, 0.29) is 5.91 Å². The van der Waals surface area contributed by atoms with Gasteiger partial charge in [-0.05, 0) is 49.7 Å². The first-order chi connectivity index (χ1) is 15.7. The van der Waals surface area contributed by atoms with Crippen molar-refractivity contribution in [2.75, 3.05) is 10.6 Å². The highest BCUT2D eigenvalue weighted by Gasteiger charge is 2.19. The smallest absolute Gasteiger partial charge is 0.222 e. The van der Waals surface area contributed by atoms with Crippen LogP contribution in [-0.4, -0.2) is 20.4 Å². The molecule has 8 heteroatoms. The maximum atomic E-state index is 11.3. The third-order valence-electron chi connectivity index (χ3n) is 5.27. The van der Waals surface area contributed by atoms with Gasteiger partial charge >= 0.3 is 0 Å². The summed E-state index contributed by atoms with van der Waals surface area (Å²) in [5.41, 5.74) is 3.02. The number of fused-ring (bicyclic) bond motifs is 1. The molecule has 2 aromatic heterocycles. The van der Waals surface area contributed by atoms with E-state index in [4.69, 9.17) is 4.74 Å². The maximum Gasteiger partial charge on any atom is 0.222 e. The predicted molar refractivity (Wildman–Crippen MR) is 128 cm³/mol. The summed E-state index contributed by atoms with van der Waals surface area (Å²) in [6, 6.07) is 19.1. The van der Waals surface area contributed by atoms with E-state index in [1.807, 2.05) is 67.9 Å². The zero-order chi connectivity index (χ0) is 23.6. The van der Waals surface area contributed by atoms with Crippen LogP contribution in [0.5, 0.6) is 11.5 Å². The fraction of sp³-hybridized carbons (Fsp3) is 0.200. The molecule has 0 atom stereocenters. The maximum absolute atomic E-state index is 11.3. The second-order valence-electron chi connectivity index (χ2n) is 8.24. The number of pyridine rings is 1. The molecule has 0 unspecified atom stereocenters. The molecule has 0 aliphatic rings. The summed E-state index contributed by atoms with van der Waals surface area (Å²) in [6.07, 6.45) is 1.58. The lowest BCUT2D eigenvalue weighted by molar-refractivity contribution is -0.114. The molecule has 0 saturated carbocycles. The lowest BCUT2D eigenvalue weighted by atomic mass is 9.86. The number of carbonyl (C=O) groups is 1. The Hall–Kier alpha value is -4.38. The fourth-order valence-corrected chi connectivity index (χ4v) is 3.37. The van der Waals surface area contributed by atoms with Crippen molar-refractivity contribution >= 4 is 34.4 Å². The van der Waals surface area contributed by atoms with Crippen molar-refractivity contribution in [2.45, 2.75) is 26.2 Å². The summed E-state index contributed by atoms with van der Waals surface area (Å²) in [5, 5.41) is 15.3. The van der Waals surface area contributed by atoms with Gasteiger partial charge in [-0.1, -0.05) is 12.1 Å². The Kier molecular flexibility index (Phi) is 5.71. The van der Waals surface area contributed by atoms with Gasteiger partial charge in [0.1, 0.15) is 17.3 Å². The lowest BCUT2D eigenvalue weighted by Gasteiger charge is -2.16. The van der Waals surface area contributed by atoms with E-state index >= 15 is 0 Å². The topological polar surface area (TPSA) is 105 Å². The minimum absolute atomic E-state index is 0.195. The van der Waals surface area contributed by atoms with Gasteiger partial charge in [0, 0.05) is 38.0 Å². The van der Waals surface area contributed by atoms with Gasteiger partial charge in [-0.3, -0.25) is 4.79 Å². The highest BCUT2D eigenvalue weighted by Crippen LogP contribution is 2.29. The molecule has 2 heterocycles. The molecule has 0 aliphatic carbocycles. The Morgan fingerprint density at radius 3 is 2.52 bits per heavy atom. The standard InChI is InChI=1S/C25H24N6O2/c1-16(32)28-23-14-20(11-12-27-23)33-19-9-10-21-22(13-19)31(4)24(30-21)29-18-7-5-17(6-8-18)25(2,3)15-26/h5-14H,1-4H3,(H,29,30)(H,27,28,32). The number of carbonyl (C=O) groups excluding carboxylic acids is 1. The van der Waals surface area contributed by atoms with Gasteiger partial charge in [0.05, 0.1) is 22.5 Å². The van der Waals surface area contributed by atoms with Gasteiger partial charge in [0.15, 0.2) is 0 Å². The normalized spacial score (nSPS) is 11.1. The summed E-state index contributed by atoms with van der Waals surface area (Å²) in [5.74, 6) is 2.12. The van der Waals surface area contributed by atoms with Crippen LogP contribution in [0.15, 0.2) is 60.8 Å². The van der Waals surface area contributed by atoms with Crippen LogP contribution in [0.2, 0.25) is 0 Å². The van der Waals surface area contributed by atoms with Crippen molar-refractivity contribution in [2.24, 2.45) is 7.05 Å². The van der Waals surface area contributed by atoms with Gasteiger partial charge in [-0.15, -0.1) is 0 Å². The second-order valence-corrected chi connectivity index (χ2v) is 8.24. The van der Waals surface area contributed by atoms with E-state index in [0.717, 1.165) is 22.3 Å². The van der Waals surface area contributed by atoms with Crippen LogP contribution in [0.3, 0.4) is 0 Å². The number of aryl methyl sites for hydroxylation is 1. The number of rotatable bonds is 6. The van der Waals surface area contributed by atoms with E-state index in [1.54, 1.807) is 18.3 Å². The monoisotopic (exact) mass is 440 g/mol. The second kappa shape index (κ2) is 8.63. The van der Waals surface area contributed by atoms with Crippen molar-refractivity contribution in [3.05, 3.63) is 66.4 Å². The molecule has 1 amide bonds.